The number of hydrogen-bond donors (Lipinski definition) is 0. The Morgan fingerprint density at radius 1 is 1.17 bits per heavy atom. The van der Waals surface area contributed by atoms with E-state index in [4.69, 9.17) is 0 Å². The van der Waals surface area contributed by atoms with Crippen molar-refractivity contribution >= 4 is 5.91 Å². The molecule has 0 atom stereocenters. The molecule has 0 aliphatic rings. The number of carbonyl (C=O) groups excluding carboxylic acids is 1. The van der Waals surface area contributed by atoms with Gasteiger partial charge in [-0.1, -0.05) is 35.9 Å². The number of amides is 1. The maximum atomic E-state index is 12.2. The molecule has 0 saturated carbocycles. The molecule has 2 aromatic rings. The first-order chi connectivity index (χ1) is 11.0. The van der Waals surface area contributed by atoms with Crippen molar-refractivity contribution in [1.82, 2.24) is 9.47 Å². The molecule has 1 amide bonds. The largest absolute Gasteiger partial charge is 0.328 e. The normalized spacial score (nSPS) is 12.2. The minimum absolute atomic E-state index is 0.120. The molecule has 4 heteroatoms. The summed E-state index contributed by atoms with van der Waals surface area (Å²) in [6, 6.07) is 14.5. The molecule has 0 aliphatic carbocycles. The van der Waals surface area contributed by atoms with Crippen LogP contribution in [0.4, 0.5) is 0 Å². The van der Waals surface area contributed by atoms with Gasteiger partial charge in [0.1, 0.15) is 5.49 Å². The molecule has 1 heterocycles. The summed E-state index contributed by atoms with van der Waals surface area (Å²) in [5, 5.41) is 0. The topological polar surface area (TPSA) is 37.6 Å². The second-order valence-electron chi connectivity index (χ2n) is 6.19. The fraction of sp³-hybridized carbons (Fsp3) is 0.368. The summed E-state index contributed by atoms with van der Waals surface area (Å²) in [5.74, 6) is -0.120. The highest BCUT2D eigenvalue weighted by Gasteiger charge is 2.08. The van der Waals surface area contributed by atoms with Crippen LogP contribution in [0.25, 0.3) is 0 Å². The van der Waals surface area contributed by atoms with Gasteiger partial charge >= 0.3 is 0 Å². The van der Waals surface area contributed by atoms with Gasteiger partial charge in [0.05, 0.1) is 6.54 Å². The molecule has 0 spiro atoms. The van der Waals surface area contributed by atoms with Crippen LogP contribution in [-0.4, -0.2) is 35.0 Å². The fourth-order valence-corrected chi connectivity index (χ4v) is 2.15. The Kier molecular flexibility index (Phi) is 5.88. The van der Waals surface area contributed by atoms with Gasteiger partial charge in [0.25, 0.3) is 5.91 Å². The zero-order valence-corrected chi connectivity index (χ0v) is 14.4. The number of aryl methyl sites for hydroxylation is 1. The molecule has 0 fully saturated rings. The molecule has 23 heavy (non-hydrogen) atoms. The number of nitrogens with zero attached hydrogens (tertiary/aromatic N) is 3. The van der Waals surface area contributed by atoms with Crippen molar-refractivity contribution in [1.29, 1.82) is 0 Å². The number of aromatic nitrogens is 1. The van der Waals surface area contributed by atoms with Gasteiger partial charge in [-0.3, -0.25) is 9.69 Å². The summed E-state index contributed by atoms with van der Waals surface area (Å²) < 4.78 is 2.00. The van der Waals surface area contributed by atoms with E-state index in [1.54, 1.807) is 0 Å². The van der Waals surface area contributed by atoms with Crippen molar-refractivity contribution in [2.24, 2.45) is 4.99 Å². The molecule has 0 aliphatic heterocycles. The summed E-state index contributed by atoms with van der Waals surface area (Å²) in [6.07, 6.45) is 1.96. The SMILES string of the molecule is Cc1ccc(Cn2ccccc2=NC(=O)CN(C)C(C)C)cc1. The highest BCUT2D eigenvalue weighted by molar-refractivity contribution is 5.78. The molecule has 0 radical (unpaired) electrons. The Morgan fingerprint density at radius 2 is 1.87 bits per heavy atom. The highest BCUT2D eigenvalue weighted by atomic mass is 16.1. The minimum Gasteiger partial charge on any atom is -0.328 e. The smallest absolute Gasteiger partial charge is 0.261 e. The van der Waals surface area contributed by atoms with E-state index in [-0.39, 0.29) is 5.91 Å². The van der Waals surface area contributed by atoms with Gasteiger partial charge in [0.2, 0.25) is 0 Å². The van der Waals surface area contributed by atoms with Crippen LogP contribution in [0.5, 0.6) is 0 Å². The average Bonchev–Trinajstić information content (AvgIpc) is 2.51. The van der Waals surface area contributed by atoms with Crippen molar-refractivity contribution in [2.45, 2.75) is 33.4 Å². The molecule has 4 nitrogen and oxygen atoms in total. The summed E-state index contributed by atoms with van der Waals surface area (Å²) in [4.78, 5) is 18.4. The first-order valence-electron chi connectivity index (χ1n) is 7.94. The number of rotatable bonds is 5. The molecule has 0 unspecified atom stereocenters. The van der Waals surface area contributed by atoms with Gasteiger partial charge in [-0.15, -0.1) is 0 Å². The molecule has 122 valence electrons. The summed E-state index contributed by atoms with van der Waals surface area (Å²) in [5.41, 5.74) is 3.12. The zero-order chi connectivity index (χ0) is 16.8. The summed E-state index contributed by atoms with van der Waals surface area (Å²) in [6.45, 7) is 7.23. The Bertz CT molecular complexity index is 714. The third-order valence-electron chi connectivity index (χ3n) is 3.90. The average molecular weight is 311 g/mol. The zero-order valence-electron chi connectivity index (χ0n) is 14.4. The lowest BCUT2D eigenvalue weighted by Gasteiger charge is -2.18. The number of likely N-dealkylation sites (N-methyl/N-ethyl adjacent to an activating group) is 1. The van der Waals surface area contributed by atoms with Crippen LogP contribution in [0, 0.1) is 6.92 Å². The molecular weight excluding hydrogens is 286 g/mol. The maximum Gasteiger partial charge on any atom is 0.261 e. The van der Waals surface area contributed by atoms with Gasteiger partial charge in [-0.2, -0.15) is 4.99 Å². The van der Waals surface area contributed by atoms with Crippen molar-refractivity contribution in [2.75, 3.05) is 13.6 Å². The predicted molar refractivity (Wildman–Crippen MR) is 93.0 cm³/mol. The van der Waals surface area contributed by atoms with Gasteiger partial charge < -0.3 is 4.57 Å². The predicted octanol–water partition coefficient (Wildman–Crippen LogP) is 2.61. The van der Waals surface area contributed by atoms with Crippen LogP contribution in [0.15, 0.2) is 53.7 Å². The number of pyridine rings is 1. The van der Waals surface area contributed by atoms with Gasteiger partial charge in [-0.25, -0.2) is 0 Å². The quantitative estimate of drug-likeness (QED) is 0.851. The van der Waals surface area contributed by atoms with Crippen LogP contribution >= 0.6 is 0 Å². The van der Waals surface area contributed by atoms with Crippen molar-refractivity contribution in [3.63, 3.8) is 0 Å². The van der Waals surface area contributed by atoms with E-state index in [2.05, 4.69) is 50.0 Å². The third-order valence-corrected chi connectivity index (χ3v) is 3.90. The molecule has 2 rings (SSSR count). The van der Waals surface area contributed by atoms with Crippen LogP contribution < -0.4 is 5.49 Å². The molecule has 0 saturated heterocycles. The summed E-state index contributed by atoms with van der Waals surface area (Å²) >= 11 is 0. The van der Waals surface area contributed by atoms with Crippen LogP contribution in [0.2, 0.25) is 0 Å². The van der Waals surface area contributed by atoms with Crippen molar-refractivity contribution < 1.29 is 4.79 Å². The van der Waals surface area contributed by atoms with E-state index in [0.29, 0.717) is 24.6 Å². The van der Waals surface area contributed by atoms with Crippen LogP contribution in [0.3, 0.4) is 0 Å². The van der Waals surface area contributed by atoms with E-state index < -0.39 is 0 Å². The van der Waals surface area contributed by atoms with Crippen LogP contribution in [-0.2, 0) is 11.3 Å². The second-order valence-corrected chi connectivity index (χ2v) is 6.19. The van der Waals surface area contributed by atoms with Crippen LogP contribution in [0.1, 0.15) is 25.0 Å². The first-order valence-corrected chi connectivity index (χ1v) is 7.94. The number of carbonyl (C=O) groups is 1. The lowest BCUT2D eigenvalue weighted by Crippen LogP contribution is -2.32. The Morgan fingerprint density at radius 3 is 2.52 bits per heavy atom. The van der Waals surface area contributed by atoms with Gasteiger partial charge in [-0.05, 0) is 45.5 Å². The highest BCUT2D eigenvalue weighted by Crippen LogP contribution is 2.04. The lowest BCUT2D eigenvalue weighted by molar-refractivity contribution is -0.119. The molecule has 0 bridgehead atoms. The van der Waals surface area contributed by atoms with Gasteiger partial charge in [0.15, 0.2) is 0 Å². The standard InChI is InChI=1S/C19H25N3O/c1-15(2)21(4)14-19(23)20-18-7-5-6-12-22(18)13-17-10-8-16(3)9-11-17/h5-12,15H,13-14H2,1-4H3. The molecule has 0 N–H and O–H groups in total. The lowest BCUT2D eigenvalue weighted by atomic mass is 10.1. The minimum atomic E-state index is -0.120. The van der Waals surface area contributed by atoms with E-state index in [9.17, 15) is 4.79 Å². The number of hydrogen-bond acceptors (Lipinski definition) is 2. The van der Waals surface area contributed by atoms with Gasteiger partial charge in [0, 0.05) is 18.8 Å². The summed E-state index contributed by atoms with van der Waals surface area (Å²) in [7, 11) is 1.93. The van der Waals surface area contributed by atoms with Crippen molar-refractivity contribution in [3.05, 3.63) is 65.3 Å². The van der Waals surface area contributed by atoms with E-state index in [1.807, 2.05) is 40.9 Å². The number of benzene rings is 1. The Balaban J connectivity index is 2.21. The molecular formula is C19H25N3O. The fourth-order valence-electron chi connectivity index (χ4n) is 2.15. The van der Waals surface area contributed by atoms with E-state index in [1.165, 1.54) is 11.1 Å². The third kappa shape index (κ3) is 5.18. The Labute approximate surface area is 138 Å². The first kappa shape index (κ1) is 17.2. The Hall–Kier alpha value is -2.20. The second kappa shape index (κ2) is 7.88. The van der Waals surface area contributed by atoms with E-state index >= 15 is 0 Å². The molecule has 1 aromatic heterocycles. The molecule has 1 aromatic carbocycles. The van der Waals surface area contributed by atoms with Crippen molar-refractivity contribution in [3.8, 4) is 0 Å². The van der Waals surface area contributed by atoms with E-state index in [0.717, 1.165) is 0 Å². The monoisotopic (exact) mass is 311 g/mol. The maximum absolute atomic E-state index is 12.2.